The second-order valence-electron chi connectivity index (χ2n) is 3.53. The normalized spacial score (nSPS) is 10.4. The number of nitrogens with one attached hydrogen (secondary N) is 1. The molecular formula is C11H7BrF2N2O2. The van der Waals surface area contributed by atoms with Crippen molar-refractivity contribution in [3.05, 3.63) is 45.8 Å². The van der Waals surface area contributed by atoms with E-state index >= 15 is 0 Å². The Morgan fingerprint density at radius 1 is 1.33 bits per heavy atom. The second kappa shape index (κ2) is 4.85. The van der Waals surface area contributed by atoms with Gasteiger partial charge in [0, 0.05) is 12.1 Å². The van der Waals surface area contributed by atoms with E-state index in [0.717, 1.165) is 6.07 Å². The minimum atomic E-state index is -0.875. The Kier molecular flexibility index (Phi) is 3.42. The van der Waals surface area contributed by atoms with Crippen molar-refractivity contribution in [3.63, 3.8) is 0 Å². The molecule has 0 bridgehead atoms. The van der Waals surface area contributed by atoms with E-state index < -0.39 is 17.5 Å². The first kappa shape index (κ1) is 12.7. The lowest BCUT2D eigenvalue weighted by Crippen LogP contribution is -2.12. The van der Waals surface area contributed by atoms with E-state index in [-0.39, 0.29) is 15.9 Å². The summed E-state index contributed by atoms with van der Waals surface area (Å²) >= 11 is 2.90. The Balaban J connectivity index is 2.24. The summed E-state index contributed by atoms with van der Waals surface area (Å²) in [4.78, 5) is 11.7. The summed E-state index contributed by atoms with van der Waals surface area (Å²) in [6, 6.07) is 3.21. The highest BCUT2D eigenvalue weighted by Crippen LogP contribution is 2.24. The van der Waals surface area contributed by atoms with E-state index in [1.165, 1.54) is 6.07 Å². The molecule has 0 aliphatic carbocycles. The number of carbonyl (C=O) groups excluding carboxylic acids is 1. The van der Waals surface area contributed by atoms with E-state index in [1.54, 1.807) is 6.92 Å². The molecule has 2 rings (SSSR count). The molecule has 2 aromatic rings. The number of aryl methyl sites for hydroxylation is 1. The maximum Gasteiger partial charge on any atom is 0.294 e. The highest BCUT2D eigenvalue weighted by atomic mass is 79.9. The Morgan fingerprint density at radius 2 is 2.06 bits per heavy atom. The van der Waals surface area contributed by atoms with E-state index in [2.05, 4.69) is 26.4 Å². The van der Waals surface area contributed by atoms with Crippen molar-refractivity contribution in [3.8, 4) is 0 Å². The summed E-state index contributed by atoms with van der Waals surface area (Å²) in [6.45, 7) is 1.65. The minimum Gasteiger partial charge on any atom is -0.351 e. The van der Waals surface area contributed by atoms with Gasteiger partial charge in [0.15, 0.2) is 0 Å². The van der Waals surface area contributed by atoms with Crippen molar-refractivity contribution in [1.29, 1.82) is 0 Å². The van der Waals surface area contributed by atoms with Gasteiger partial charge in [0.2, 0.25) is 5.76 Å². The summed E-state index contributed by atoms with van der Waals surface area (Å²) in [7, 11) is 0. The molecule has 0 fully saturated rings. The van der Waals surface area contributed by atoms with Crippen molar-refractivity contribution in [2.24, 2.45) is 0 Å². The SMILES string of the molecule is Cc1cc(C(=O)Nc2cc(Br)c(F)cc2F)on1. The van der Waals surface area contributed by atoms with Crippen molar-refractivity contribution in [2.45, 2.75) is 6.92 Å². The molecule has 0 radical (unpaired) electrons. The maximum atomic E-state index is 13.4. The van der Waals surface area contributed by atoms with Crippen LogP contribution in [-0.2, 0) is 0 Å². The van der Waals surface area contributed by atoms with Gasteiger partial charge in [-0.1, -0.05) is 5.16 Å². The van der Waals surface area contributed by atoms with Gasteiger partial charge in [0.1, 0.15) is 11.6 Å². The molecule has 0 atom stereocenters. The summed E-state index contributed by atoms with van der Waals surface area (Å²) in [6.07, 6.45) is 0. The molecule has 0 saturated heterocycles. The first-order chi connectivity index (χ1) is 8.47. The molecule has 1 amide bonds. The van der Waals surface area contributed by atoms with Crippen molar-refractivity contribution >= 4 is 27.5 Å². The molecular weight excluding hydrogens is 310 g/mol. The Morgan fingerprint density at radius 3 is 2.67 bits per heavy atom. The Labute approximate surface area is 109 Å². The molecule has 1 heterocycles. The molecule has 4 nitrogen and oxygen atoms in total. The first-order valence-electron chi connectivity index (χ1n) is 4.86. The molecule has 0 aliphatic rings. The van der Waals surface area contributed by atoms with Crippen LogP contribution in [0.4, 0.5) is 14.5 Å². The third-order valence-electron chi connectivity index (χ3n) is 2.11. The largest absolute Gasteiger partial charge is 0.351 e. The number of hydrogen-bond donors (Lipinski definition) is 1. The number of hydrogen-bond acceptors (Lipinski definition) is 3. The highest BCUT2D eigenvalue weighted by molar-refractivity contribution is 9.10. The number of halogens is 3. The maximum absolute atomic E-state index is 13.4. The Hall–Kier alpha value is -1.76. The quantitative estimate of drug-likeness (QED) is 0.865. The van der Waals surface area contributed by atoms with Crippen LogP contribution in [0.15, 0.2) is 27.2 Å². The van der Waals surface area contributed by atoms with Crippen molar-refractivity contribution in [2.75, 3.05) is 5.32 Å². The average Bonchev–Trinajstić information content (AvgIpc) is 2.73. The lowest BCUT2D eigenvalue weighted by molar-refractivity contribution is 0.0987. The third-order valence-corrected chi connectivity index (χ3v) is 2.72. The fourth-order valence-electron chi connectivity index (χ4n) is 1.27. The molecule has 0 saturated carbocycles. The van der Waals surface area contributed by atoms with Gasteiger partial charge in [0.25, 0.3) is 5.91 Å². The molecule has 1 aromatic carbocycles. The van der Waals surface area contributed by atoms with Gasteiger partial charge >= 0.3 is 0 Å². The van der Waals surface area contributed by atoms with Gasteiger partial charge in [0.05, 0.1) is 15.9 Å². The summed E-state index contributed by atoms with van der Waals surface area (Å²) in [5, 5.41) is 5.80. The number of nitrogens with zero attached hydrogens (tertiary/aromatic N) is 1. The van der Waals surface area contributed by atoms with E-state index in [4.69, 9.17) is 4.52 Å². The van der Waals surface area contributed by atoms with Gasteiger partial charge in [-0.15, -0.1) is 0 Å². The topological polar surface area (TPSA) is 55.1 Å². The number of benzene rings is 1. The smallest absolute Gasteiger partial charge is 0.294 e. The second-order valence-corrected chi connectivity index (χ2v) is 4.39. The predicted octanol–water partition coefficient (Wildman–Crippen LogP) is 3.28. The number of anilines is 1. The number of rotatable bonds is 2. The van der Waals surface area contributed by atoms with Crippen LogP contribution in [0.1, 0.15) is 16.2 Å². The standard InChI is InChI=1S/C11H7BrF2N2O2/c1-5-2-10(18-16-5)11(17)15-9-3-6(12)7(13)4-8(9)14/h2-4H,1H3,(H,15,17). The molecule has 18 heavy (non-hydrogen) atoms. The monoisotopic (exact) mass is 316 g/mol. The zero-order valence-electron chi connectivity index (χ0n) is 9.13. The van der Waals surface area contributed by atoms with Crippen LogP contribution >= 0.6 is 15.9 Å². The fourth-order valence-corrected chi connectivity index (χ4v) is 1.62. The zero-order valence-corrected chi connectivity index (χ0v) is 10.7. The molecule has 7 heteroatoms. The number of amides is 1. The van der Waals surface area contributed by atoms with Gasteiger partial charge in [-0.05, 0) is 28.9 Å². The minimum absolute atomic E-state index is 0.0488. The van der Waals surface area contributed by atoms with Gasteiger partial charge in [-0.2, -0.15) is 0 Å². The number of carbonyl (C=O) groups is 1. The van der Waals surface area contributed by atoms with Crippen LogP contribution in [-0.4, -0.2) is 11.1 Å². The zero-order chi connectivity index (χ0) is 13.3. The lowest BCUT2D eigenvalue weighted by Gasteiger charge is -2.05. The summed E-state index contributed by atoms with van der Waals surface area (Å²) in [5.41, 5.74) is 0.378. The van der Waals surface area contributed by atoms with Crippen LogP contribution in [0.3, 0.4) is 0 Å². The van der Waals surface area contributed by atoms with E-state index in [9.17, 15) is 13.6 Å². The third kappa shape index (κ3) is 2.56. The van der Waals surface area contributed by atoms with Gasteiger partial charge in [-0.25, -0.2) is 8.78 Å². The molecule has 0 unspecified atom stereocenters. The highest BCUT2D eigenvalue weighted by Gasteiger charge is 2.15. The predicted molar refractivity (Wildman–Crippen MR) is 63.3 cm³/mol. The van der Waals surface area contributed by atoms with Gasteiger partial charge in [-0.3, -0.25) is 4.79 Å². The summed E-state index contributed by atoms with van der Waals surface area (Å²) in [5.74, 6) is -2.33. The van der Waals surface area contributed by atoms with Crippen LogP contribution in [0, 0.1) is 18.6 Å². The summed E-state index contributed by atoms with van der Waals surface area (Å²) < 4.78 is 31.2. The van der Waals surface area contributed by atoms with E-state index in [0.29, 0.717) is 11.8 Å². The lowest BCUT2D eigenvalue weighted by atomic mass is 10.3. The first-order valence-corrected chi connectivity index (χ1v) is 5.66. The molecule has 0 spiro atoms. The average molecular weight is 317 g/mol. The molecule has 0 aliphatic heterocycles. The molecule has 94 valence electrons. The Bertz CT molecular complexity index is 613. The van der Waals surface area contributed by atoms with Crippen LogP contribution in [0.2, 0.25) is 0 Å². The van der Waals surface area contributed by atoms with Crippen LogP contribution in [0.25, 0.3) is 0 Å². The van der Waals surface area contributed by atoms with Crippen molar-refractivity contribution < 1.29 is 18.1 Å². The molecule has 1 N–H and O–H groups in total. The van der Waals surface area contributed by atoms with Crippen LogP contribution < -0.4 is 5.32 Å². The van der Waals surface area contributed by atoms with Gasteiger partial charge < -0.3 is 9.84 Å². The number of aromatic nitrogens is 1. The van der Waals surface area contributed by atoms with E-state index in [1.807, 2.05) is 0 Å². The van der Waals surface area contributed by atoms with Crippen LogP contribution in [0.5, 0.6) is 0 Å². The fraction of sp³-hybridized carbons (Fsp3) is 0.0909. The molecule has 1 aromatic heterocycles. The van der Waals surface area contributed by atoms with Crippen molar-refractivity contribution in [1.82, 2.24) is 5.16 Å².